The number of hydrogen-bond donors (Lipinski definition) is 1. The molecule has 118 valence electrons. The summed E-state index contributed by atoms with van der Waals surface area (Å²) in [6.45, 7) is 2.39. The van der Waals surface area contributed by atoms with Gasteiger partial charge >= 0.3 is 0 Å². The fourth-order valence-electron chi connectivity index (χ4n) is 2.78. The summed E-state index contributed by atoms with van der Waals surface area (Å²) in [6.07, 6.45) is 0.241. The zero-order valence-corrected chi connectivity index (χ0v) is 14.3. The molecule has 0 aliphatic carbocycles. The maximum atomic E-state index is 12.5. The molecule has 0 aromatic heterocycles. The van der Waals surface area contributed by atoms with Crippen LogP contribution in [-0.2, 0) is 9.59 Å². The van der Waals surface area contributed by atoms with Crippen LogP contribution < -0.4 is 10.2 Å². The molecule has 2 aromatic rings. The summed E-state index contributed by atoms with van der Waals surface area (Å²) in [5, 5.41) is 2.89. The van der Waals surface area contributed by atoms with Gasteiger partial charge in [0.05, 0.1) is 11.6 Å². The highest BCUT2D eigenvalue weighted by Crippen LogP contribution is 2.29. The van der Waals surface area contributed by atoms with Crippen molar-refractivity contribution >= 4 is 39.1 Å². The fourth-order valence-corrected chi connectivity index (χ4v) is 3.16. The Morgan fingerprint density at radius 1 is 1.17 bits per heavy atom. The van der Waals surface area contributed by atoms with Gasteiger partial charge in [-0.05, 0) is 46.6 Å². The van der Waals surface area contributed by atoms with E-state index >= 15 is 0 Å². The molecule has 1 aliphatic rings. The largest absolute Gasteiger partial charge is 0.325 e. The van der Waals surface area contributed by atoms with Gasteiger partial charge in [0.15, 0.2) is 0 Å². The lowest BCUT2D eigenvalue weighted by Gasteiger charge is -2.19. The molecule has 3 rings (SSSR count). The minimum atomic E-state index is -0.339. The number of nitrogens with zero attached hydrogens (tertiary/aromatic N) is 1. The molecule has 1 aliphatic heterocycles. The molecule has 0 radical (unpaired) electrons. The highest BCUT2D eigenvalue weighted by molar-refractivity contribution is 9.10. The second-order valence-electron chi connectivity index (χ2n) is 5.66. The van der Waals surface area contributed by atoms with Gasteiger partial charge in [-0.2, -0.15) is 0 Å². The number of carbonyl (C=O) groups is 2. The minimum Gasteiger partial charge on any atom is -0.325 e. The fraction of sp³-hybridized carbons (Fsp3) is 0.222. The van der Waals surface area contributed by atoms with E-state index in [0.717, 1.165) is 21.4 Å². The van der Waals surface area contributed by atoms with Gasteiger partial charge in [-0.1, -0.05) is 30.3 Å². The van der Waals surface area contributed by atoms with Crippen LogP contribution in [0.3, 0.4) is 0 Å². The smallest absolute Gasteiger partial charge is 0.229 e. The lowest BCUT2D eigenvalue weighted by Crippen LogP contribution is -2.28. The van der Waals surface area contributed by atoms with Gasteiger partial charge in [0, 0.05) is 23.1 Å². The molecule has 1 atom stereocenters. The molecule has 0 saturated carbocycles. The highest BCUT2D eigenvalue weighted by Gasteiger charge is 2.35. The first-order valence-electron chi connectivity index (χ1n) is 7.47. The Hall–Kier alpha value is -2.14. The van der Waals surface area contributed by atoms with Crippen LogP contribution in [0.2, 0.25) is 0 Å². The van der Waals surface area contributed by atoms with Crippen LogP contribution in [-0.4, -0.2) is 18.4 Å². The number of nitrogens with one attached hydrogen (secondary N) is 1. The molecule has 2 amide bonds. The standard InChI is InChI=1S/C18H17BrN2O2/c1-12-6-2-5-9-16(12)21-11-13(10-17(21)22)18(23)20-15-8-4-3-7-14(15)19/h2-9,13H,10-11H2,1H3,(H,20,23)/t13-/m0/s1. The van der Waals surface area contributed by atoms with E-state index < -0.39 is 0 Å². The van der Waals surface area contributed by atoms with Crippen LogP contribution in [0.25, 0.3) is 0 Å². The van der Waals surface area contributed by atoms with Gasteiger partial charge in [0.25, 0.3) is 0 Å². The molecule has 1 saturated heterocycles. The molecular weight excluding hydrogens is 356 g/mol. The van der Waals surface area contributed by atoms with E-state index in [9.17, 15) is 9.59 Å². The van der Waals surface area contributed by atoms with Crippen molar-refractivity contribution in [2.45, 2.75) is 13.3 Å². The SMILES string of the molecule is Cc1ccccc1N1C[C@@H](C(=O)Nc2ccccc2Br)CC1=O. The van der Waals surface area contributed by atoms with Crippen molar-refractivity contribution in [1.82, 2.24) is 0 Å². The number of carbonyl (C=O) groups excluding carboxylic acids is 2. The third-order valence-corrected chi connectivity index (χ3v) is 4.73. The van der Waals surface area contributed by atoms with Crippen molar-refractivity contribution in [3.05, 3.63) is 58.6 Å². The minimum absolute atomic E-state index is 0.00780. The van der Waals surface area contributed by atoms with E-state index in [2.05, 4.69) is 21.2 Å². The predicted molar refractivity (Wildman–Crippen MR) is 94.4 cm³/mol. The summed E-state index contributed by atoms with van der Waals surface area (Å²) in [4.78, 5) is 26.5. The molecular formula is C18H17BrN2O2. The summed E-state index contributed by atoms with van der Waals surface area (Å²) in [7, 11) is 0. The van der Waals surface area contributed by atoms with E-state index in [1.165, 1.54) is 0 Å². The Morgan fingerprint density at radius 3 is 2.61 bits per heavy atom. The number of para-hydroxylation sites is 2. The van der Waals surface area contributed by atoms with Crippen LogP contribution in [0.4, 0.5) is 11.4 Å². The Balaban J connectivity index is 1.74. The summed E-state index contributed by atoms with van der Waals surface area (Å²) >= 11 is 3.41. The molecule has 0 spiro atoms. The second kappa shape index (κ2) is 6.54. The van der Waals surface area contributed by atoms with E-state index in [1.54, 1.807) is 4.90 Å². The third-order valence-electron chi connectivity index (χ3n) is 4.03. The van der Waals surface area contributed by atoms with Crippen LogP contribution in [0.1, 0.15) is 12.0 Å². The number of benzene rings is 2. The normalized spacial score (nSPS) is 17.4. The first-order chi connectivity index (χ1) is 11.1. The molecule has 0 unspecified atom stereocenters. The zero-order chi connectivity index (χ0) is 16.4. The third kappa shape index (κ3) is 3.29. The summed E-state index contributed by atoms with van der Waals surface area (Å²) in [5.41, 5.74) is 2.64. The molecule has 0 bridgehead atoms. The molecule has 4 nitrogen and oxygen atoms in total. The lowest BCUT2D eigenvalue weighted by molar-refractivity contribution is -0.122. The summed E-state index contributed by atoms with van der Waals surface area (Å²) < 4.78 is 0.827. The Bertz CT molecular complexity index is 760. The Kier molecular flexibility index (Phi) is 4.48. The summed E-state index contributed by atoms with van der Waals surface area (Å²) in [6, 6.07) is 15.2. The second-order valence-corrected chi connectivity index (χ2v) is 6.52. The number of hydrogen-bond acceptors (Lipinski definition) is 2. The molecule has 5 heteroatoms. The lowest BCUT2D eigenvalue weighted by atomic mass is 10.1. The van der Waals surface area contributed by atoms with Crippen molar-refractivity contribution < 1.29 is 9.59 Å². The van der Waals surface area contributed by atoms with E-state index in [4.69, 9.17) is 0 Å². The number of amides is 2. The van der Waals surface area contributed by atoms with Crippen LogP contribution >= 0.6 is 15.9 Å². The predicted octanol–water partition coefficient (Wildman–Crippen LogP) is 3.75. The van der Waals surface area contributed by atoms with E-state index in [-0.39, 0.29) is 24.2 Å². The molecule has 1 fully saturated rings. The average molecular weight is 373 g/mol. The van der Waals surface area contributed by atoms with Crippen molar-refractivity contribution in [2.75, 3.05) is 16.8 Å². The van der Waals surface area contributed by atoms with Crippen LogP contribution in [0.5, 0.6) is 0 Å². The van der Waals surface area contributed by atoms with Gasteiger partial charge in [0.2, 0.25) is 11.8 Å². The van der Waals surface area contributed by atoms with Gasteiger partial charge in [-0.25, -0.2) is 0 Å². The van der Waals surface area contributed by atoms with Crippen molar-refractivity contribution in [1.29, 1.82) is 0 Å². The molecule has 1 N–H and O–H groups in total. The van der Waals surface area contributed by atoms with Gasteiger partial charge in [0.1, 0.15) is 0 Å². The van der Waals surface area contributed by atoms with Crippen molar-refractivity contribution in [3.8, 4) is 0 Å². The number of anilines is 2. The molecule has 23 heavy (non-hydrogen) atoms. The number of aryl methyl sites for hydroxylation is 1. The van der Waals surface area contributed by atoms with Crippen molar-refractivity contribution in [2.24, 2.45) is 5.92 Å². The van der Waals surface area contributed by atoms with E-state index in [0.29, 0.717) is 6.54 Å². The quantitative estimate of drug-likeness (QED) is 0.891. The highest BCUT2D eigenvalue weighted by atomic mass is 79.9. The molecule has 2 aromatic carbocycles. The average Bonchev–Trinajstić information content (AvgIpc) is 2.92. The number of rotatable bonds is 3. The Labute approximate surface area is 143 Å². The number of halogens is 1. The zero-order valence-electron chi connectivity index (χ0n) is 12.8. The van der Waals surface area contributed by atoms with Gasteiger partial charge < -0.3 is 10.2 Å². The van der Waals surface area contributed by atoms with Gasteiger partial charge in [-0.3, -0.25) is 9.59 Å². The van der Waals surface area contributed by atoms with E-state index in [1.807, 2.05) is 55.5 Å². The first-order valence-corrected chi connectivity index (χ1v) is 8.27. The first kappa shape index (κ1) is 15.7. The topological polar surface area (TPSA) is 49.4 Å². The van der Waals surface area contributed by atoms with Crippen LogP contribution in [0.15, 0.2) is 53.0 Å². The molecule has 1 heterocycles. The van der Waals surface area contributed by atoms with Crippen LogP contribution in [0, 0.1) is 12.8 Å². The monoisotopic (exact) mass is 372 g/mol. The summed E-state index contributed by atoms with van der Waals surface area (Å²) in [5.74, 6) is -0.470. The van der Waals surface area contributed by atoms with Gasteiger partial charge in [-0.15, -0.1) is 0 Å². The maximum Gasteiger partial charge on any atom is 0.229 e. The Morgan fingerprint density at radius 2 is 1.87 bits per heavy atom. The van der Waals surface area contributed by atoms with Crippen molar-refractivity contribution in [3.63, 3.8) is 0 Å². The maximum absolute atomic E-state index is 12.5.